The zero-order valence-electron chi connectivity index (χ0n) is 33.2. The second-order valence-electron chi connectivity index (χ2n) is 16.7. The Balaban J connectivity index is 1.03. The van der Waals surface area contributed by atoms with E-state index >= 15 is 4.39 Å². The Bertz CT molecular complexity index is 2610. The maximum Gasteiger partial charge on any atom is 0.319 e. The molecule has 1 aliphatic carbocycles. The van der Waals surface area contributed by atoms with Gasteiger partial charge in [0.15, 0.2) is 11.6 Å². The molecule has 0 spiro atoms. The van der Waals surface area contributed by atoms with Crippen LogP contribution in [0.1, 0.15) is 60.3 Å². The van der Waals surface area contributed by atoms with Crippen molar-refractivity contribution in [1.29, 1.82) is 0 Å². The molecule has 1 amide bonds. The summed E-state index contributed by atoms with van der Waals surface area (Å²) in [7, 11) is 1.89. The molecule has 6 aromatic rings. The molecule has 11 rings (SSSR count). The summed E-state index contributed by atoms with van der Waals surface area (Å²) in [6.07, 6.45) is 8.08. The first kappa shape index (κ1) is 36.2. The largest absolute Gasteiger partial charge is 0.486 e. The van der Waals surface area contributed by atoms with E-state index < -0.39 is 0 Å². The summed E-state index contributed by atoms with van der Waals surface area (Å²) >= 11 is 0. The van der Waals surface area contributed by atoms with Crippen molar-refractivity contribution >= 4 is 45.0 Å². The van der Waals surface area contributed by atoms with Gasteiger partial charge in [0.2, 0.25) is 5.91 Å². The molecule has 4 aliphatic heterocycles. The highest BCUT2D eigenvalue weighted by molar-refractivity contribution is 6.06. The van der Waals surface area contributed by atoms with Crippen LogP contribution >= 0.6 is 0 Å². The number of carbonyl (C=O) groups excluding carboxylic acids is 1. The van der Waals surface area contributed by atoms with Gasteiger partial charge in [0.25, 0.3) is 0 Å². The van der Waals surface area contributed by atoms with E-state index in [1.54, 1.807) is 17.3 Å². The summed E-state index contributed by atoms with van der Waals surface area (Å²) in [5.74, 6) is 2.21. The van der Waals surface area contributed by atoms with Crippen LogP contribution in [0.25, 0.3) is 32.9 Å². The topological polar surface area (TPSA) is 134 Å². The zero-order chi connectivity index (χ0) is 39.8. The van der Waals surface area contributed by atoms with Crippen molar-refractivity contribution in [3.63, 3.8) is 0 Å². The van der Waals surface area contributed by atoms with E-state index in [0.29, 0.717) is 60.2 Å². The Morgan fingerprint density at radius 2 is 1.81 bits per heavy atom. The van der Waals surface area contributed by atoms with Crippen LogP contribution in [0.15, 0.2) is 60.9 Å². The number of amides is 1. The number of nitrogens with zero attached hydrogens (tertiary/aromatic N) is 7. The van der Waals surface area contributed by atoms with Gasteiger partial charge in [-0.2, -0.15) is 15.1 Å². The molecule has 3 aromatic carbocycles. The SMILES string of the molecule is Cc1c(F)cc2[nH]ncc2c1-c1c(C2CC2)cc2c(N3C[C@@H]4C[C@H]3CN4)nc(OC3CCOCC3)nc2c1OCc1ccc(CN2C(=O)CN(C)c3ncccc32)cc1. The first-order chi connectivity index (χ1) is 28.9. The fourth-order valence-corrected chi connectivity index (χ4v) is 9.50. The molecule has 0 unspecified atom stereocenters. The Morgan fingerprint density at radius 3 is 2.59 bits per heavy atom. The van der Waals surface area contributed by atoms with Gasteiger partial charge in [-0.3, -0.25) is 9.89 Å². The van der Waals surface area contributed by atoms with Crippen LogP contribution in [0.3, 0.4) is 0 Å². The third-order valence-corrected chi connectivity index (χ3v) is 12.8. The number of aromatic amines is 1. The molecule has 4 fully saturated rings. The minimum Gasteiger partial charge on any atom is -0.486 e. The summed E-state index contributed by atoms with van der Waals surface area (Å²) in [6.45, 7) is 5.75. The molecule has 2 atom stereocenters. The van der Waals surface area contributed by atoms with Crippen molar-refractivity contribution in [2.24, 2.45) is 0 Å². The van der Waals surface area contributed by atoms with Gasteiger partial charge < -0.3 is 34.2 Å². The van der Waals surface area contributed by atoms with Crippen molar-refractivity contribution < 1.29 is 23.4 Å². The molecule has 0 radical (unpaired) electrons. The third kappa shape index (κ3) is 6.49. The van der Waals surface area contributed by atoms with E-state index in [1.165, 1.54) is 6.07 Å². The minimum absolute atomic E-state index is 0.0225. The summed E-state index contributed by atoms with van der Waals surface area (Å²) in [4.78, 5) is 34.2. The number of likely N-dealkylation sites (N-methyl/N-ethyl adjacent to an activating group) is 1. The van der Waals surface area contributed by atoms with Crippen LogP contribution in [-0.4, -0.2) is 89.1 Å². The predicted molar refractivity (Wildman–Crippen MR) is 223 cm³/mol. The molecule has 13 nitrogen and oxygen atoms in total. The van der Waals surface area contributed by atoms with Crippen LogP contribution in [0.5, 0.6) is 11.8 Å². The second-order valence-corrected chi connectivity index (χ2v) is 16.7. The number of pyridine rings is 1. The molecular weight excluding hydrogens is 750 g/mol. The Morgan fingerprint density at radius 1 is 0.983 bits per heavy atom. The quantitative estimate of drug-likeness (QED) is 0.156. The summed E-state index contributed by atoms with van der Waals surface area (Å²) in [6, 6.07) is 16.8. The van der Waals surface area contributed by atoms with Crippen molar-refractivity contribution in [2.45, 2.75) is 76.3 Å². The van der Waals surface area contributed by atoms with Crippen LogP contribution < -0.4 is 29.5 Å². The predicted octanol–water partition coefficient (Wildman–Crippen LogP) is 6.56. The van der Waals surface area contributed by atoms with Gasteiger partial charge in [0.05, 0.1) is 43.7 Å². The molecule has 59 heavy (non-hydrogen) atoms. The number of carbonyl (C=O) groups is 1. The average Bonchev–Trinajstić information content (AvgIpc) is 3.60. The number of anilines is 3. The molecule has 2 N–H and O–H groups in total. The fraction of sp³-hybridized carbons (Fsp3) is 0.400. The van der Waals surface area contributed by atoms with Crippen molar-refractivity contribution in [1.82, 2.24) is 30.5 Å². The lowest BCUT2D eigenvalue weighted by Gasteiger charge is -2.34. The van der Waals surface area contributed by atoms with Crippen LogP contribution in [0, 0.1) is 12.7 Å². The highest BCUT2D eigenvalue weighted by Gasteiger charge is 2.41. The molecule has 14 heteroatoms. The van der Waals surface area contributed by atoms with Crippen molar-refractivity contribution in [3.8, 4) is 22.9 Å². The second kappa shape index (κ2) is 14.5. The fourth-order valence-electron chi connectivity index (χ4n) is 9.50. The lowest BCUT2D eigenvalue weighted by atomic mass is 9.88. The van der Waals surface area contributed by atoms with Gasteiger partial charge in [-0.1, -0.05) is 24.3 Å². The number of H-pyrrole nitrogens is 1. The number of rotatable bonds is 10. The van der Waals surface area contributed by atoms with E-state index in [2.05, 4.69) is 31.5 Å². The molecule has 5 aliphatic rings. The number of ether oxygens (including phenoxy) is 3. The molecule has 2 bridgehead atoms. The van der Waals surface area contributed by atoms with Crippen LogP contribution in [0.4, 0.5) is 21.7 Å². The lowest BCUT2D eigenvalue weighted by molar-refractivity contribution is -0.117. The first-order valence-corrected chi connectivity index (χ1v) is 20.8. The van der Waals surface area contributed by atoms with E-state index in [1.807, 2.05) is 55.3 Å². The summed E-state index contributed by atoms with van der Waals surface area (Å²) < 4.78 is 35.3. The van der Waals surface area contributed by atoms with Gasteiger partial charge >= 0.3 is 6.01 Å². The normalized spacial score (nSPS) is 20.6. The number of hydrogen-bond acceptors (Lipinski definition) is 11. The maximum atomic E-state index is 15.9. The number of nitrogens with one attached hydrogen (secondary N) is 2. The molecule has 1 saturated carbocycles. The minimum atomic E-state index is -0.315. The highest BCUT2D eigenvalue weighted by atomic mass is 19.1. The number of fused-ring (bicyclic) bond motifs is 5. The van der Waals surface area contributed by atoms with Gasteiger partial charge in [0, 0.05) is 73.2 Å². The monoisotopic (exact) mass is 795 g/mol. The van der Waals surface area contributed by atoms with Gasteiger partial charge in [-0.05, 0) is 78.6 Å². The Kier molecular flexibility index (Phi) is 8.88. The van der Waals surface area contributed by atoms with Crippen LogP contribution in [0.2, 0.25) is 0 Å². The number of piperazine rings is 1. The van der Waals surface area contributed by atoms with Gasteiger partial charge in [-0.15, -0.1) is 0 Å². The summed E-state index contributed by atoms with van der Waals surface area (Å²) in [5, 5.41) is 12.7. The first-order valence-electron chi connectivity index (χ1n) is 20.8. The Labute approximate surface area is 340 Å². The number of halogens is 1. The maximum absolute atomic E-state index is 15.9. The average molecular weight is 796 g/mol. The molecular formula is C45H46FN9O4. The number of hydrogen-bond donors (Lipinski definition) is 2. The number of benzene rings is 3. The van der Waals surface area contributed by atoms with Crippen molar-refractivity contribution in [2.75, 3.05) is 54.6 Å². The highest BCUT2D eigenvalue weighted by Crippen LogP contribution is 2.53. The zero-order valence-corrected chi connectivity index (χ0v) is 33.2. The molecule has 3 aromatic heterocycles. The van der Waals surface area contributed by atoms with E-state index in [0.717, 1.165) is 101 Å². The smallest absolute Gasteiger partial charge is 0.319 e. The lowest BCUT2D eigenvalue weighted by Crippen LogP contribution is -2.44. The standard InChI is InChI=1S/C45H46FN9O4/c1-25-35(46)18-36-34(20-49-52-36)39(25)40-32(28-9-10-28)17-33-41(50-45(59-31-11-14-57-15-12-31)51-43(33)54-22-29-16-30(54)19-48-29)42(40)58-24-27-7-5-26(6-8-27)21-55-37-4-3-13-47-44(37)53(2)23-38(55)56/h3-8,13,17-18,20,28-31,48H,9-12,14-16,19,21-24H2,1-2H3,(H,49,52)/t29-,30-/m0/s1. The van der Waals surface area contributed by atoms with E-state index in [-0.39, 0.29) is 36.9 Å². The van der Waals surface area contributed by atoms with Crippen molar-refractivity contribution in [3.05, 3.63) is 89.0 Å². The molecule has 3 saturated heterocycles. The molecule has 7 heterocycles. The Hall–Kier alpha value is -5.86. The third-order valence-electron chi connectivity index (χ3n) is 12.8. The molecule has 302 valence electrons. The summed E-state index contributed by atoms with van der Waals surface area (Å²) in [5.41, 5.74) is 7.22. The number of aromatic nitrogens is 5. The van der Waals surface area contributed by atoms with E-state index in [9.17, 15) is 4.79 Å². The van der Waals surface area contributed by atoms with E-state index in [4.69, 9.17) is 24.2 Å². The van der Waals surface area contributed by atoms with Gasteiger partial charge in [-0.25, -0.2) is 9.37 Å². The van der Waals surface area contributed by atoms with Crippen LogP contribution in [-0.2, 0) is 22.7 Å². The van der Waals surface area contributed by atoms with Gasteiger partial charge in [0.1, 0.15) is 29.9 Å².